The van der Waals surface area contributed by atoms with Crippen molar-refractivity contribution in [3.05, 3.63) is 12.3 Å². The Bertz CT molecular complexity index is 536. The van der Waals surface area contributed by atoms with Crippen molar-refractivity contribution >= 4 is 5.91 Å². The molecular weight excluding hydrogens is 348 g/mol. The summed E-state index contributed by atoms with van der Waals surface area (Å²) in [6, 6.07) is 2.36. The minimum absolute atomic E-state index is 0.0246. The molecule has 1 amide bonds. The van der Waals surface area contributed by atoms with Crippen LogP contribution >= 0.6 is 0 Å². The smallest absolute Gasteiger partial charge is 0.224 e. The van der Waals surface area contributed by atoms with E-state index in [1.807, 2.05) is 4.90 Å². The van der Waals surface area contributed by atoms with E-state index in [9.17, 15) is 4.79 Å². The molecule has 4 saturated heterocycles. The highest BCUT2D eigenvalue weighted by atomic mass is 16.2. The van der Waals surface area contributed by atoms with Gasteiger partial charge in [-0.3, -0.25) is 4.79 Å². The number of carbonyl (C=O) groups is 1. The Hall–Kier alpha value is -1.07. The van der Waals surface area contributed by atoms with Gasteiger partial charge in [0.05, 0.1) is 0 Å². The highest BCUT2D eigenvalue weighted by Crippen LogP contribution is 2.30. The highest BCUT2D eigenvalue weighted by Gasteiger charge is 2.37. The predicted octanol–water partition coefficient (Wildman–Crippen LogP) is 3.26. The summed E-state index contributed by atoms with van der Waals surface area (Å²) in [7, 11) is 0. The summed E-state index contributed by atoms with van der Waals surface area (Å²) >= 11 is 0. The Morgan fingerprint density at radius 1 is 0.750 bits per heavy atom. The van der Waals surface area contributed by atoms with Gasteiger partial charge in [-0.15, -0.1) is 0 Å². The molecule has 0 spiro atoms. The molecule has 0 unspecified atom stereocenters. The third-order valence-corrected chi connectivity index (χ3v) is 6.68. The number of likely N-dealkylation sites (tertiary alicyclic amines) is 2. The Morgan fingerprint density at radius 3 is 1.68 bits per heavy atom. The second-order valence-electron chi connectivity index (χ2n) is 11.2. The van der Waals surface area contributed by atoms with E-state index < -0.39 is 0 Å². The van der Waals surface area contributed by atoms with Crippen LogP contribution in [0.1, 0.15) is 80.1 Å². The highest BCUT2D eigenvalue weighted by molar-refractivity contribution is 5.78. The quantitative estimate of drug-likeness (QED) is 0.666. The average molecular weight is 391 g/mol. The van der Waals surface area contributed by atoms with Crippen LogP contribution in [0.4, 0.5) is 0 Å². The van der Waals surface area contributed by atoms with Gasteiger partial charge in [0.2, 0.25) is 5.91 Å². The lowest BCUT2D eigenvalue weighted by Crippen LogP contribution is -2.48. The molecular formula is C23H42N4O. The minimum atomic E-state index is -0.0246. The second-order valence-corrected chi connectivity index (χ2v) is 11.2. The molecule has 28 heavy (non-hydrogen) atoms. The van der Waals surface area contributed by atoms with Crippen molar-refractivity contribution in [2.45, 2.75) is 115 Å². The van der Waals surface area contributed by atoms with E-state index in [-0.39, 0.29) is 11.1 Å². The molecule has 2 N–H and O–H groups in total. The Labute approximate surface area is 172 Å². The number of rotatable bonds is 0. The third-order valence-electron chi connectivity index (χ3n) is 6.68. The average Bonchev–Trinajstić information content (AvgIpc) is 3.07. The van der Waals surface area contributed by atoms with Crippen LogP contribution in [-0.4, -0.2) is 64.0 Å². The molecule has 0 radical (unpaired) electrons. The van der Waals surface area contributed by atoms with Gasteiger partial charge in [0, 0.05) is 66.9 Å². The van der Waals surface area contributed by atoms with E-state index in [1.165, 1.54) is 31.4 Å². The molecule has 4 rings (SSSR count). The van der Waals surface area contributed by atoms with Crippen LogP contribution in [0, 0.1) is 0 Å². The van der Waals surface area contributed by atoms with E-state index in [0.29, 0.717) is 36.5 Å². The van der Waals surface area contributed by atoms with Gasteiger partial charge in [0.25, 0.3) is 0 Å². The van der Waals surface area contributed by atoms with Gasteiger partial charge < -0.3 is 20.4 Å². The molecule has 5 heteroatoms. The number of carbonyl (C=O) groups excluding carboxylic acids is 1. The molecule has 4 aliphatic heterocycles. The van der Waals surface area contributed by atoms with Crippen molar-refractivity contribution in [1.29, 1.82) is 0 Å². The van der Waals surface area contributed by atoms with Crippen molar-refractivity contribution in [1.82, 2.24) is 20.4 Å². The fraction of sp³-hybridized carbons (Fsp3) is 0.870. The summed E-state index contributed by atoms with van der Waals surface area (Å²) in [5.74, 6) is 0.317. The lowest BCUT2D eigenvalue weighted by Gasteiger charge is -2.40. The normalized spacial score (nSPS) is 33.4. The number of fused-ring (bicyclic) bond motifs is 4. The van der Waals surface area contributed by atoms with Gasteiger partial charge in [-0.1, -0.05) is 6.58 Å². The zero-order chi connectivity index (χ0) is 20.7. The van der Waals surface area contributed by atoms with Crippen LogP contribution in [0.5, 0.6) is 0 Å². The van der Waals surface area contributed by atoms with Crippen LogP contribution < -0.4 is 10.6 Å². The van der Waals surface area contributed by atoms with Crippen LogP contribution in [-0.2, 0) is 4.79 Å². The number of hydrogen-bond acceptors (Lipinski definition) is 4. The Kier molecular flexibility index (Phi) is 6.17. The molecule has 0 aromatic heterocycles. The molecule has 4 heterocycles. The molecule has 0 aromatic rings. The van der Waals surface area contributed by atoms with Crippen LogP contribution in [0.15, 0.2) is 12.3 Å². The van der Waals surface area contributed by atoms with E-state index in [0.717, 1.165) is 19.5 Å². The first kappa shape index (κ1) is 21.6. The zero-order valence-electron chi connectivity index (χ0n) is 19.0. The summed E-state index contributed by atoms with van der Waals surface area (Å²) in [4.78, 5) is 16.4. The first-order valence-electron chi connectivity index (χ1n) is 11.2. The SMILES string of the molecule is C=C1C[C@H]2CC[C@@H](CN1C(C)(C)C)N2.CC(C)(C)N1C[C@H]2CC[C@@H](CC1=O)N2. The van der Waals surface area contributed by atoms with E-state index in [4.69, 9.17) is 0 Å². The Balaban J connectivity index is 0.000000161. The van der Waals surface area contributed by atoms with Crippen molar-refractivity contribution in [2.24, 2.45) is 0 Å². The first-order chi connectivity index (χ1) is 12.9. The molecule has 160 valence electrons. The number of nitrogens with one attached hydrogen (secondary N) is 2. The fourth-order valence-electron chi connectivity index (χ4n) is 5.20. The fourth-order valence-corrected chi connectivity index (χ4v) is 5.20. The van der Waals surface area contributed by atoms with Gasteiger partial charge >= 0.3 is 0 Å². The number of nitrogens with zero attached hydrogens (tertiary/aromatic N) is 2. The van der Waals surface area contributed by atoms with Crippen molar-refractivity contribution in [2.75, 3.05) is 13.1 Å². The summed E-state index contributed by atoms with van der Waals surface area (Å²) in [6.07, 6.45) is 6.90. The molecule has 0 aromatic carbocycles. The molecule has 0 aliphatic carbocycles. The van der Waals surface area contributed by atoms with Crippen LogP contribution in [0.25, 0.3) is 0 Å². The summed E-state index contributed by atoms with van der Waals surface area (Å²) in [5.41, 5.74) is 1.52. The van der Waals surface area contributed by atoms with Crippen molar-refractivity contribution in [3.8, 4) is 0 Å². The van der Waals surface area contributed by atoms with Crippen LogP contribution in [0.3, 0.4) is 0 Å². The van der Waals surface area contributed by atoms with Gasteiger partial charge in [-0.25, -0.2) is 0 Å². The minimum Gasteiger partial charge on any atom is -0.369 e. The third kappa shape index (κ3) is 5.10. The lowest BCUT2D eigenvalue weighted by molar-refractivity contribution is -0.136. The molecule has 5 nitrogen and oxygen atoms in total. The van der Waals surface area contributed by atoms with Gasteiger partial charge in [0.15, 0.2) is 0 Å². The van der Waals surface area contributed by atoms with E-state index in [2.05, 4.69) is 63.7 Å². The van der Waals surface area contributed by atoms with Gasteiger partial charge in [-0.2, -0.15) is 0 Å². The van der Waals surface area contributed by atoms with Crippen molar-refractivity contribution in [3.63, 3.8) is 0 Å². The molecule has 4 bridgehead atoms. The summed E-state index contributed by atoms with van der Waals surface area (Å²) in [6.45, 7) is 19.4. The number of amides is 1. The monoisotopic (exact) mass is 390 g/mol. The lowest BCUT2D eigenvalue weighted by atomic mass is 9.99. The summed E-state index contributed by atoms with van der Waals surface area (Å²) < 4.78 is 0. The van der Waals surface area contributed by atoms with Crippen LogP contribution in [0.2, 0.25) is 0 Å². The topological polar surface area (TPSA) is 47.6 Å². The molecule has 4 aliphatic rings. The predicted molar refractivity (Wildman–Crippen MR) is 116 cm³/mol. The molecule has 4 fully saturated rings. The van der Waals surface area contributed by atoms with Gasteiger partial charge in [0.1, 0.15) is 0 Å². The van der Waals surface area contributed by atoms with Gasteiger partial charge in [-0.05, 0) is 67.2 Å². The number of hydrogen-bond donors (Lipinski definition) is 2. The maximum atomic E-state index is 11.9. The summed E-state index contributed by atoms with van der Waals surface area (Å²) in [5, 5.41) is 7.21. The van der Waals surface area contributed by atoms with E-state index in [1.54, 1.807) is 0 Å². The zero-order valence-corrected chi connectivity index (χ0v) is 19.0. The first-order valence-corrected chi connectivity index (χ1v) is 11.2. The maximum Gasteiger partial charge on any atom is 0.224 e. The Morgan fingerprint density at radius 2 is 1.18 bits per heavy atom. The standard InChI is InChI=1S/C12H22N2.C11H20N2O/c1-9-7-10-5-6-11(13-10)8-14(9)12(2,3)4;1-11(2,3)13-7-9-5-4-8(12-9)6-10(13)14/h10-11,13H,1,5-8H2,2-4H3;8-9,12H,4-7H2,1-3H3/t10-,11+;8-,9+/m10/s1. The molecule has 4 atom stereocenters. The van der Waals surface area contributed by atoms with Crippen molar-refractivity contribution < 1.29 is 4.79 Å². The maximum absolute atomic E-state index is 11.9. The van der Waals surface area contributed by atoms with E-state index >= 15 is 0 Å². The second kappa shape index (κ2) is 7.98. The molecule has 0 saturated carbocycles. The largest absolute Gasteiger partial charge is 0.369 e.